The summed E-state index contributed by atoms with van der Waals surface area (Å²) in [5, 5.41) is -0.472. The average Bonchev–Trinajstić information content (AvgIpc) is 2.36. The zero-order chi connectivity index (χ0) is 9.19. The highest BCUT2D eigenvalue weighted by molar-refractivity contribution is 7.93. The van der Waals surface area contributed by atoms with Crippen molar-refractivity contribution in [2.24, 2.45) is 7.05 Å². The Morgan fingerprint density at radius 2 is 2.42 bits per heavy atom. The highest BCUT2D eigenvalue weighted by Gasteiger charge is 2.10. The van der Waals surface area contributed by atoms with E-state index in [1.807, 2.05) is 0 Å². The molecule has 0 aromatic carbocycles. The standard InChI is InChI=1S/C5H8ClN3O2S/c1-9-3-2-7-5(9)8-12(10,11)4-6/h2-3H,4H2,1H3,(H,7,8). The van der Waals surface area contributed by atoms with Crippen molar-refractivity contribution in [2.75, 3.05) is 9.93 Å². The molecule has 0 unspecified atom stereocenters. The molecule has 1 heterocycles. The maximum Gasteiger partial charge on any atom is 0.249 e. The second-order valence-corrected chi connectivity index (χ2v) is 4.49. The molecule has 0 bridgehead atoms. The van der Waals surface area contributed by atoms with Crippen molar-refractivity contribution >= 4 is 27.6 Å². The molecule has 7 heteroatoms. The highest BCUT2D eigenvalue weighted by Crippen LogP contribution is 2.04. The van der Waals surface area contributed by atoms with Crippen molar-refractivity contribution in [2.45, 2.75) is 0 Å². The molecular formula is C5H8ClN3O2S. The minimum atomic E-state index is -3.43. The van der Waals surface area contributed by atoms with Crippen molar-refractivity contribution in [1.82, 2.24) is 9.55 Å². The first-order chi connectivity index (χ1) is 5.55. The molecule has 68 valence electrons. The van der Waals surface area contributed by atoms with Crippen LogP contribution in [0, 0.1) is 0 Å². The lowest BCUT2D eigenvalue weighted by molar-refractivity contribution is 0.604. The summed E-state index contributed by atoms with van der Waals surface area (Å²) in [4.78, 5) is 3.76. The van der Waals surface area contributed by atoms with Crippen LogP contribution in [0.4, 0.5) is 5.95 Å². The second-order valence-electron chi connectivity index (χ2n) is 2.19. The van der Waals surface area contributed by atoms with Gasteiger partial charge in [0.25, 0.3) is 0 Å². The predicted molar refractivity (Wildman–Crippen MR) is 46.5 cm³/mol. The Hall–Kier alpha value is -0.750. The monoisotopic (exact) mass is 209 g/mol. The van der Waals surface area contributed by atoms with E-state index in [1.165, 1.54) is 6.20 Å². The van der Waals surface area contributed by atoms with Gasteiger partial charge in [-0.05, 0) is 0 Å². The molecule has 0 aliphatic heterocycles. The predicted octanol–water partition coefficient (Wildman–Crippen LogP) is 0.358. The van der Waals surface area contributed by atoms with Gasteiger partial charge in [0.15, 0.2) is 0 Å². The van der Waals surface area contributed by atoms with Crippen molar-refractivity contribution in [3.63, 3.8) is 0 Å². The van der Waals surface area contributed by atoms with Gasteiger partial charge in [0.2, 0.25) is 16.0 Å². The first-order valence-corrected chi connectivity index (χ1v) is 5.27. The molecule has 0 aliphatic rings. The lowest BCUT2D eigenvalue weighted by atomic mass is 10.9. The maximum absolute atomic E-state index is 10.9. The van der Waals surface area contributed by atoms with E-state index in [1.54, 1.807) is 17.8 Å². The molecule has 0 radical (unpaired) electrons. The third-order valence-electron chi connectivity index (χ3n) is 1.21. The highest BCUT2D eigenvalue weighted by atomic mass is 35.5. The lowest BCUT2D eigenvalue weighted by Gasteiger charge is -2.03. The Bertz CT molecular complexity index is 359. The Balaban J connectivity index is 2.84. The number of aryl methyl sites for hydroxylation is 1. The molecule has 5 nitrogen and oxygen atoms in total. The Labute approximate surface area is 75.4 Å². The quantitative estimate of drug-likeness (QED) is 0.731. The number of aromatic nitrogens is 2. The third kappa shape index (κ3) is 2.12. The summed E-state index contributed by atoms with van der Waals surface area (Å²) in [5.74, 6) is 0.260. The van der Waals surface area contributed by atoms with E-state index in [2.05, 4.69) is 9.71 Å². The van der Waals surface area contributed by atoms with E-state index < -0.39 is 15.2 Å². The van der Waals surface area contributed by atoms with E-state index in [0.717, 1.165) is 0 Å². The number of nitrogens with zero attached hydrogens (tertiary/aromatic N) is 2. The maximum atomic E-state index is 10.9. The van der Waals surface area contributed by atoms with Gasteiger partial charge >= 0.3 is 0 Å². The van der Waals surface area contributed by atoms with Crippen LogP contribution in [0.1, 0.15) is 0 Å². The molecule has 0 spiro atoms. The molecule has 0 saturated carbocycles. The molecule has 0 aliphatic carbocycles. The van der Waals surface area contributed by atoms with Crippen LogP contribution in [0.15, 0.2) is 12.4 Å². The first-order valence-electron chi connectivity index (χ1n) is 3.09. The van der Waals surface area contributed by atoms with E-state index in [4.69, 9.17) is 11.6 Å². The van der Waals surface area contributed by atoms with Gasteiger partial charge in [-0.2, -0.15) is 0 Å². The van der Waals surface area contributed by atoms with Crippen LogP contribution in [0.3, 0.4) is 0 Å². The molecular weight excluding hydrogens is 202 g/mol. The number of rotatable bonds is 3. The van der Waals surface area contributed by atoms with Gasteiger partial charge in [0.05, 0.1) is 0 Å². The van der Waals surface area contributed by atoms with E-state index in [-0.39, 0.29) is 5.95 Å². The number of imidazole rings is 1. The minimum absolute atomic E-state index is 0.260. The van der Waals surface area contributed by atoms with Crippen molar-refractivity contribution in [3.05, 3.63) is 12.4 Å². The van der Waals surface area contributed by atoms with Gasteiger partial charge in [0, 0.05) is 19.4 Å². The van der Waals surface area contributed by atoms with Crippen LogP contribution in [-0.2, 0) is 17.1 Å². The van der Waals surface area contributed by atoms with Gasteiger partial charge in [-0.25, -0.2) is 13.4 Å². The summed E-state index contributed by atoms with van der Waals surface area (Å²) < 4.78 is 25.6. The van der Waals surface area contributed by atoms with Crippen molar-refractivity contribution < 1.29 is 8.42 Å². The molecule has 0 fully saturated rings. The van der Waals surface area contributed by atoms with Crippen LogP contribution in [0.5, 0.6) is 0 Å². The fraction of sp³-hybridized carbons (Fsp3) is 0.400. The number of sulfonamides is 1. The molecule has 1 N–H and O–H groups in total. The summed E-state index contributed by atoms with van der Waals surface area (Å²) >= 11 is 5.17. The van der Waals surface area contributed by atoms with Crippen LogP contribution in [0.2, 0.25) is 0 Å². The zero-order valence-corrected chi connectivity index (χ0v) is 7.93. The first kappa shape index (κ1) is 9.34. The minimum Gasteiger partial charge on any atom is -0.320 e. The van der Waals surface area contributed by atoms with Crippen molar-refractivity contribution in [3.8, 4) is 0 Å². The van der Waals surface area contributed by atoms with E-state index in [9.17, 15) is 8.42 Å². The number of nitrogens with one attached hydrogen (secondary N) is 1. The molecule has 0 amide bonds. The number of anilines is 1. The van der Waals surface area contributed by atoms with Gasteiger partial charge in [0.1, 0.15) is 5.21 Å². The SMILES string of the molecule is Cn1ccnc1NS(=O)(=O)CCl. The molecule has 0 atom stereocenters. The van der Waals surface area contributed by atoms with Gasteiger partial charge in [-0.3, -0.25) is 4.72 Å². The fourth-order valence-corrected chi connectivity index (χ4v) is 1.32. The Kier molecular flexibility index (Phi) is 2.58. The largest absolute Gasteiger partial charge is 0.320 e. The summed E-state index contributed by atoms with van der Waals surface area (Å²) in [5.41, 5.74) is 0. The van der Waals surface area contributed by atoms with Gasteiger partial charge in [-0.15, -0.1) is 11.6 Å². The summed E-state index contributed by atoms with van der Waals surface area (Å²) in [7, 11) is -1.75. The topological polar surface area (TPSA) is 64.0 Å². The Morgan fingerprint density at radius 1 is 1.75 bits per heavy atom. The van der Waals surface area contributed by atoms with E-state index >= 15 is 0 Å². The molecule has 0 saturated heterocycles. The Morgan fingerprint density at radius 3 is 2.83 bits per heavy atom. The lowest BCUT2D eigenvalue weighted by Crippen LogP contribution is -2.16. The summed E-state index contributed by atoms with van der Waals surface area (Å²) in [6, 6.07) is 0. The van der Waals surface area contributed by atoms with Gasteiger partial charge in [-0.1, -0.05) is 0 Å². The van der Waals surface area contributed by atoms with Gasteiger partial charge < -0.3 is 4.57 Å². The summed E-state index contributed by atoms with van der Waals surface area (Å²) in [6.07, 6.45) is 3.12. The van der Waals surface area contributed by atoms with Crippen LogP contribution in [0.25, 0.3) is 0 Å². The van der Waals surface area contributed by atoms with Crippen LogP contribution >= 0.6 is 11.6 Å². The molecule has 1 rings (SSSR count). The average molecular weight is 210 g/mol. The molecule has 12 heavy (non-hydrogen) atoms. The van der Waals surface area contributed by atoms with Crippen molar-refractivity contribution in [1.29, 1.82) is 0 Å². The molecule has 1 aromatic rings. The third-order valence-corrected chi connectivity index (χ3v) is 2.85. The fourth-order valence-electron chi connectivity index (χ4n) is 0.630. The number of alkyl halides is 1. The van der Waals surface area contributed by atoms with E-state index in [0.29, 0.717) is 0 Å². The zero-order valence-electron chi connectivity index (χ0n) is 6.36. The number of hydrogen-bond acceptors (Lipinski definition) is 3. The smallest absolute Gasteiger partial charge is 0.249 e. The number of halogens is 1. The summed E-state index contributed by atoms with van der Waals surface area (Å²) in [6.45, 7) is 0. The normalized spacial score (nSPS) is 11.5. The number of hydrogen-bond donors (Lipinski definition) is 1. The van der Waals surface area contributed by atoms with Crippen LogP contribution in [-0.4, -0.2) is 23.2 Å². The second kappa shape index (κ2) is 3.32. The van der Waals surface area contributed by atoms with Crippen LogP contribution < -0.4 is 4.72 Å². The molecule has 1 aromatic heterocycles.